The Kier molecular flexibility index (Phi) is 53.5. The second-order valence-electron chi connectivity index (χ2n) is 13.3. The van der Waals surface area contributed by atoms with Crippen LogP contribution in [0.2, 0.25) is 0 Å². The average molecular weight is 939 g/mol. The molecule has 0 radical (unpaired) electrons. The summed E-state index contributed by atoms with van der Waals surface area (Å²) in [6, 6.07) is 0. The Balaban J connectivity index is 3.10. The standard InChI is InChI=1S/C42H83IO14/c1-2-3-4-5-6-7-8-9-12-15-42(44)57-41-40-56-39-38-55-37-36-54-35-34-53-33-32-52-31-30-51-29-28-50-27-26-49-25-24-48-23-22-47-21-20-46-19-18-45-17-14-11-10-13-16-43/h2-41H2,1H3. The molecule has 14 nitrogen and oxygen atoms in total. The Morgan fingerprint density at radius 3 is 0.860 bits per heavy atom. The zero-order valence-corrected chi connectivity index (χ0v) is 38.0. The lowest BCUT2D eigenvalue weighted by atomic mass is 10.1. The van der Waals surface area contributed by atoms with E-state index in [4.69, 9.17) is 61.6 Å². The van der Waals surface area contributed by atoms with Crippen molar-refractivity contribution >= 4 is 28.6 Å². The average Bonchev–Trinajstić information content (AvgIpc) is 3.22. The highest BCUT2D eigenvalue weighted by molar-refractivity contribution is 14.1. The molecule has 0 rings (SSSR count). The van der Waals surface area contributed by atoms with Crippen LogP contribution in [0.25, 0.3) is 0 Å². The Morgan fingerprint density at radius 2 is 0.544 bits per heavy atom. The molecule has 0 unspecified atom stereocenters. The predicted molar refractivity (Wildman–Crippen MR) is 230 cm³/mol. The van der Waals surface area contributed by atoms with Crippen LogP contribution in [0.1, 0.15) is 96.8 Å². The van der Waals surface area contributed by atoms with Gasteiger partial charge in [-0.05, 0) is 23.7 Å². The van der Waals surface area contributed by atoms with E-state index in [1.165, 1.54) is 68.6 Å². The van der Waals surface area contributed by atoms with E-state index < -0.39 is 0 Å². The van der Waals surface area contributed by atoms with E-state index in [2.05, 4.69) is 29.5 Å². The largest absolute Gasteiger partial charge is 0.463 e. The lowest BCUT2D eigenvalue weighted by Crippen LogP contribution is -2.15. The summed E-state index contributed by atoms with van der Waals surface area (Å²) >= 11 is 2.42. The molecule has 15 heteroatoms. The maximum atomic E-state index is 11.8. The topological polar surface area (TPSA) is 137 Å². The molecule has 0 aliphatic heterocycles. The van der Waals surface area contributed by atoms with Gasteiger partial charge in [0, 0.05) is 13.0 Å². The Bertz CT molecular complexity index is 743. The van der Waals surface area contributed by atoms with E-state index >= 15 is 0 Å². The predicted octanol–water partition coefficient (Wildman–Crippen LogP) is 6.65. The van der Waals surface area contributed by atoms with E-state index in [1.54, 1.807) is 0 Å². The van der Waals surface area contributed by atoms with Crippen LogP contribution < -0.4 is 0 Å². The van der Waals surface area contributed by atoms with Crippen molar-refractivity contribution in [1.29, 1.82) is 0 Å². The monoisotopic (exact) mass is 938 g/mol. The molecule has 0 aliphatic carbocycles. The molecule has 0 amide bonds. The van der Waals surface area contributed by atoms with Crippen LogP contribution in [0, 0.1) is 0 Å². The summed E-state index contributed by atoms with van der Waals surface area (Å²) in [4.78, 5) is 11.8. The van der Waals surface area contributed by atoms with Gasteiger partial charge in [0.2, 0.25) is 0 Å². The highest BCUT2D eigenvalue weighted by Crippen LogP contribution is 2.11. The van der Waals surface area contributed by atoms with Gasteiger partial charge >= 0.3 is 5.97 Å². The molecule has 57 heavy (non-hydrogen) atoms. The number of hydrogen-bond acceptors (Lipinski definition) is 14. The number of hydrogen-bond donors (Lipinski definition) is 0. The van der Waals surface area contributed by atoms with Crippen molar-refractivity contribution < 1.29 is 66.4 Å². The van der Waals surface area contributed by atoms with Gasteiger partial charge in [-0.1, -0.05) is 93.7 Å². The zero-order chi connectivity index (χ0) is 41.1. The van der Waals surface area contributed by atoms with E-state index in [9.17, 15) is 4.79 Å². The minimum atomic E-state index is -0.136. The van der Waals surface area contributed by atoms with Gasteiger partial charge in [0.1, 0.15) is 6.61 Å². The van der Waals surface area contributed by atoms with Crippen molar-refractivity contribution in [2.45, 2.75) is 96.8 Å². The lowest BCUT2D eigenvalue weighted by Gasteiger charge is -2.09. The molecule has 0 aromatic carbocycles. The molecule has 0 spiro atoms. The van der Waals surface area contributed by atoms with Crippen molar-refractivity contribution in [1.82, 2.24) is 0 Å². The third-order valence-electron chi connectivity index (χ3n) is 8.24. The Morgan fingerprint density at radius 1 is 0.298 bits per heavy atom. The normalized spacial score (nSPS) is 11.5. The maximum absolute atomic E-state index is 11.8. The molecule has 0 fully saturated rings. The van der Waals surface area contributed by atoms with Gasteiger partial charge < -0.3 is 61.6 Å². The highest BCUT2D eigenvalue weighted by Gasteiger charge is 2.03. The number of carbonyl (C=O) groups is 1. The first-order valence-corrected chi connectivity index (χ1v) is 23.5. The van der Waals surface area contributed by atoms with Gasteiger partial charge in [0.15, 0.2) is 0 Å². The summed E-state index contributed by atoms with van der Waals surface area (Å²) in [5.74, 6) is -0.136. The first kappa shape index (κ1) is 56.7. The molecule has 0 heterocycles. The van der Waals surface area contributed by atoms with Crippen molar-refractivity contribution in [3.8, 4) is 0 Å². The summed E-state index contributed by atoms with van der Waals surface area (Å²) in [6.07, 6.45) is 16.6. The second-order valence-corrected chi connectivity index (χ2v) is 14.3. The number of esters is 1. The fraction of sp³-hybridized carbons (Fsp3) is 0.976. The van der Waals surface area contributed by atoms with Gasteiger partial charge in [-0.3, -0.25) is 4.79 Å². The van der Waals surface area contributed by atoms with Crippen molar-refractivity contribution in [2.24, 2.45) is 0 Å². The van der Waals surface area contributed by atoms with Crippen LogP contribution in [0.15, 0.2) is 0 Å². The van der Waals surface area contributed by atoms with Crippen LogP contribution in [0.5, 0.6) is 0 Å². The number of rotatable bonds is 52. The molecule has 0 aromatic heterocycles. The zero-order valence-electron chi connectivity index (χ0n) is 35.9. The van der Waals surface area contributed by atoms with Crippen LogP contribution in [-0.2, 0) is 66.4 Å². The van der Waals surface area contributed by atoms with Crippen LogP contribution >= 0.6 is 22.6 Å². The van der Waals surface area contributed by atoms with Gasteiger partial charge in [0.05, 0.1) is 152 Å². The number of alkyl halides is 1. The summed E-state index contributed by atoms with van der Waals surface area (Å²) in [6.45, 7) is 15.1. The number of halogens is 1. The first-order valence-electron chi connectivity index (χ1n) is 22.0. The molecule has 0 atom stereocenters. The van der Waals surface area contributed by atoms with Gasteiger partial charge in [-0.25, -0.2) is 0 Å². The lowest BCUT2D eigenvalue weighted by molar-refractivity contribution is -0.145. The van der Waals surface area contributed by atoms with E-state index in [0.29, 0.717) is 158 Å². The van der Waals surface area contributed by atoms with E-state index in [-0.39, 0.29) is 12.6 Å². The minimum absolute atomic E-state index is 0.136. The SMILES string of the molecule is CCCCCCCCCCCC(=O)OCCOCCOCCOCCOCCOCCOCCOCCOCCOCCOCCOCCOCCCCCCI. The van der Waals surface area contributed by atoms with Crippen molar-refractivity contribution in [2.75, 3.05) is 170 Å². The van der Waals surface area contributed by atoms with E-state index in [0.717, 1.165) is 25.9 Å². The van der Waals surface area contributed by atoms with Crippen LogP contribution in [0.4, 0.5) is 0 Å². The summed E-state index contributed by atoms with van der Waals surface area (Å²) in [7, 11) is 0. The summed E-state index contributed by atoms with van der Waals surface area (Å²) in [5.41, 5.74) is 0. The number of ether oxygens (including phenoxy) is 13. The molecular formula is C42H83IO14. The fourth-order valence-electron chi connectivity index (χ4n) is 5.04. The minimum Gasteiger partial charge on any atom is -0.463 e. The van der Waals surface area contributed by atoms with Crippen molar-refractivity contribution in [3.63, 3.8) is 0 Å². The molecule has 0 saturated heterocycles. The third-order valence-corrected chi connectivity index (χ3v) is 9.00. The summed E-state index contributed by atoms with van der Waals surface area (Å²) in [5, 5.41) is 0. The van der Waals surface area contributed by atoms with E-state index in [1.807, 2.05) is 0 Å². The Labute approximate surface area is 360 Å². The van der Waals surface area contributed by atoms with Crippen LogP contribution in [-0.4, -0.2) is 176 Å². The molecule has 0 bridgehead atoms. The number of unbranched alkanes of at least 4 members (excludes halogenated alkanes) is 11. The van der Waals surface area contributed by atoms with Crippen LogP contribution in [0.3, 0.4) is 0 Å². The molecule has 0 aromatic rings. The van der Waals surface area contributed by atoms with Crippen molar-refractivity contribution in [3.05, 3.63) is 0 Å². The van der Waals surface area contributed by atoms with Gasteiger partial charge in [-0.2, -0.15) is 0 Å². The molecule has 0 aliphatic rings. The fourth-order valence-corrected chi connectivity index (χ4v) is 5.58. The van der Waals surface area contributed by atoms with Gasteiger partial charge in [-0.15, -0.1) is 0 Å². The summed E-state index contributed by atoms with van der Waals surface area (Å²) < 4.78 is 72.5. The Hall–Kier alpha value is -0.280. The molecular weight excluding hydrogens is 855 g/mol. The first-order chi connectivity index (χ1) is 28.3. The highest BCUT2D eigenvalue weighted by atomic mass is 127. The van der Waals surface area contributed by atoms with Gasteiger partial charge in [0.25, 0.3) is 0 Å². The third kappa shape index (κ3) is 53.7. The quantitative estimate of drug-likeness (QED) is 0.0279. The maximum Gasteiger partial charge on any atom is 0.305 e. The molecule has 0 saturated carbocycles. The number of carbonyl (C=O) groups excluding carboxylic acids is 1. The molecule has 0 N–H and O–H groups in total. The second kappa shape index (κ2) is 53.7. The smallest absolute Gasteiger partial charge is 0.305 e. The molecule has 342 valence electrons.